The maximum absolute atomic E-state index is 6.02. The zero-order valence-corrected chi connectivity index (χ0v) is 12.9. The van der Waals surface area contributed by atoms with Gasteiger partial charge in [-0.25, -0.2) is 0 Å². The molecule has 1 heterocycles. The molecule has 106 valence electrons. The minimum absolute atomic E-state index is 0.138. The average molecular weight is 289 g/mol. The van der Waals surface area contributed by atoms with Crippen molar-refractivity contribution in [1.82, 2.24) is 4.90 Å². The molecule has 1 aliphatic rings. The summed E-state index contributed by atoms with van der Waals surface area (Å²) in [4.78, 5) is 1.91. The summed E-state index contributed by atoms with van der Waals surface area (Å²) >= 11 is 5.17. The normalized spacial score (nSPS) is 19.2. The number of ether oxygens (including phenoxy) is 1. The molecule has 0 radical (unpaired) electrons. The van der Waals surface area contributed by atoms with E-state index in [9.17, 15) is 0 Å². The topological polar surface area (TPSA) is 37.2 Å². The van der Waals surface area contributed by atoms with Crippen molar-refractivity contribution < 1.29 is 4.74 Å². The Kier molecular flexibility index (Phi) is 4.49. The molecule has 0 N–H and O–H groups in total. The van der Waals surface area contributed by atoms with Gasteiger partial charge in [-0.1, -0.05) is 23.8 Å². The van der Waals surface area contributed by atoms with Crippen LogP contribution in [0.2, 0.25) is 0 Å². The molecule has 2 rings (SSSR count). The van der Waals surface area contributed by atoms with E-state index >= 15 is 0 Å². The fourth-order valence-electron chi connectivity index (χ4n) is 2.21. The Morgan fingerprint density at radius 1 is 1.50 bits per heavy atom. The van der Waals surface area contributed by atoms with E-state index in [1.54, 1.807) is 6.08 Å². The van der Waals surface area contributed by atoms with E-state index in [-0.39, 0.29) is 12.3 Å². The molecule has 0 bridgehead atoms. The lowest BCUT2D eigenvalue weighted by Crippen LogP contribution is -2.42. The third-order valence-corrected chi connectivity index (χ3v) is 3.53. The molecule has 0 fully saturated rings. The number of benzene rings is 1. The van der Waals surface area contributed by atoms with Gasteiger partial charge in [-0.2, -0.15) is 5.11 Å². The van der Waals surface area contributed by atoms with Gasteiger partial charge >= 0.3 is 0 Å². The average Bonchev–Trinajstić information content (AvgIpc) is 2.75. The third-order valence-electron chi connectivity index (χ3n) is 3.22. The van der Waals surface area contributed by atoms with Gasteiger partial charge in [0.1, 0.15) is 11.9 Å². The van der Waals surface area contributed by atoms with E-state index in [2.05, 4.69) is 29.8 Å². The highest BCUT2D eigenvalue weighted by atomic mass is 32.1. The number of nitrogens with zero attached hydrogens (tertiary/aromatic N) is 3. The first kappa shape index (κ1) is 14.7. The number of hydrogen-bond acceptors (Lipinski definition) is 3. The number of rotatable bonds is 5. The van der Waals surface area contributed by atoms with Crippen molar-refractivity contribution >= 4 is 17.3 Å². The van der Waals surface area contributed by atoms with E-state index < -0.39 is 0 Å². The second-order valence-electron chi connectivity index (χ2n) is 4.94. The minimum atomic E-state index is -0.193. The zero-order valence-electron chi connectivity index (χ0n) is 12.0. The fourth-order valence-corrected chi connectivity index (χ4v) is 2.44. The first-order valence-corrected chi connectivity index (χ1v) is 7.00. The van der Waals surface area contributed by atoms with Crippen molar-refractivity contribution in [2.45, 2.75) is 33.0 Å². The van der Waals surface area contributed by atoms with Crippen molar-refractivity contribution in [3.05, 3.63) is 42.0 Å². The molecule has 2 atom stereocenters. The van der Waals surface area contributed by atoms with Crippen LogP contribution in [0.5, 0.6) is 5.75 Å². The van der Waals surface area contributed by atoms with Gasteiger partial charge in [-0.15, -0.1) is 11.7 Å². The lowest BCUT2D eigenvalue weighted by molar-refractivity contribution is 0.135. The largest absolute Gasteiger partial charge is 0.486 e. The van der Waals surface area contributed by atoms with Crippen molar-refractivity contribution in [2.75, 3.05) is 6.54 Å². The summed E-state index contributed by atoms with van der Waals surface area (Å²) in [6.07, 6.45) is 1.46. The SMILES string of the molecule is C=CCN1C(=S)N=NC1C(C)Oc1ccc(C)cc1C. The van der Waals surface area contributed by atoms with E-state index in [1.807, 2.05) is 30.9 Å². The molecule has 2 unspecified atom stereocenters. The van der Waals surface area contributed by atoms with Crippen LogP contribution in [0.3, 0.4) is 0 Å². The summed E-state index contributed by atoms with van der Waals surface area (Å²) in [6, 6.07) is 6.13. The van der Waals surface area contributed by atoms with Gasteiger partial charge in [0.05, 0.1) is 0 Å². The molecule has 1 aliphatic heterocycles. The van der Waals surface area contributed by atoms with E-state index in [0.717, 1.165) is 11.3 Å². The summed E-state index contributed by atoms with van der Waals surface area (Å²) in [5.41, 5.74) is 2.34. The Balaban J connectivity index is 2.11. The standard InChI is InChI=1S/C15H19N3OS/c1-5-8-18-14(16-17-15(18)20)12(4)19-13-7-6-10(2)9-11(13)3/h5-7,9,12,14H,1,8H2,2-4H3. The van der Waals surface area contributed by atoms with Crippen LogP contribution in [0.15, 0.2) is 41.1 Å². The van der Waals surface area contributed by atoms with Gasteiger partial charge in [0.2, 0.25) is 5.11 Å². The Bertz CT molecular complexity index is 556. The van der Waals surface area contributed by atoms with Crippen LogP contribution in [-0.4, -0.2) is 28.8 Å². The monoisotopic (exact) mass is 289 g/mol. The minimum Gasteiger partial charge on any atom is -0.486 e. The maximum atomic E-state index is 6.02. The molecule has 5 heteroatoms. The van der Waals surface area contributed by atoms with E-state index in [4.69, 9.17) is 17.0 Å². The highest BCUT2D eigenvalue weighted by Crippen LogP contribution is 2.24. The van der Waals surface area contributed by atoms with Crippen molar-refractivity contribution in [3.63, 3.8) is 0 Å². The predicted octanol–water partition coefficient (Wildman–Crippen LogP) is 3.64. The Morgan fingerprint density at radius 3 is 2.90 bits per heavy atom. The molecule has 0 aliphatic carbocycles. The van der Waals surface area contributed by atoms with E-state index in [0.29, 0.717) is 11.7 Å². The number of azo groups is 1. The zero-order chi connectivity index (χ0) is 14.7. The highest BCUT2D eigenvalue weighted by Gasteiger charge is 2.31. The second-order valence-corrected chi connectivity index (χ2v) is 5.31. The van der Waals surface area contributed by atoms with Crippen LogP contribution in [0, 0.1) is 13.8 Å². The molecular formula is C15H19N3OS. The molecule has 0 aromatic heterocycles. The highest BCUT2D eigenvalue weighted by molar-refractivity contribution is 7.80. The third kappa shape index (κ3) is 3.04. The van der Waals surface area contributed by atoms with Crippen molar-refractivity contribution in [3.8, 4) is 5.75 Å². The quantitative estimate of drug-likeness (QED) is 0.613. The molecule has 0 saturated heterocycles. The Morgan fingerprint density at radius 2 is 2.25 bits per heavy atom. The molecule has 1 aromatic rings. The van der Waals surface area contributed by atoms with Gasteiger partial charge in [0, 0.05) is 6.54 Å². The molecule has 0 spiro atoms. The molecule has 4 nitrogen and oxygen atoms in total. The van der Waals surface area contributed by atoms with Crippen LogP contribution in [0.1, 0.15) is 18.1 Å². The van der Waals surface area contributed by atoms with Gasteiger partial charge < -0.3 is 9.64 Å². The number of aryl methyl sites for hydroxylation is 2. The maximum Gasteiger partial charge on any atom is 0.218 e. The van der Waals surface area contributed by atoms with Gasteiger partial charge in [0.15, 0.2) is 6.17 Å². The smallest absolute Gasteiger partial charge is 0.218 e. The summed E-state index contributed by atoms with van der Waals surface area (Å²) in [5, 5.41) is 8.66. The summed E-state index contributed by atoms with van der Waals surface area (Å²) in [6.45, 7) is 10.4. The second kappa shape index (κ2) is 6.13. The lowest BCUT2D eigenvalue weighted by Gasteiger charge is -2.27. The number of hydrogen-bond donors (Lipinski definition) is 0. The van der Waals surface area contributed by atoms with Crippen LogP contribution in [0.4, 0.5) is 0 Å². The van der Waals surface area contributed by atoms with Crippen LogP contribution in [0.25, 0.3) is 0 Å². The van der Waals surface area contributed by atoms with Gasteiger partial charge in [-0.05, 0) is 44.6 Å². The van der Waals surface area contributed by atoms with Crippen molar-refractivity contribution in [2.24, 2.45) is 10.2 Å². The molecule has 1 aromatic carbocycles. The Hall–Kier alpha value is -1.75. The first-order chi connectivity index (χ1) is 9.52. The van der Waals surface area contributed by atoms with Crippen LogP contribution >= 0.6 is 12.2 Å². The van der Waals surface area contributed by atoms with Gasteiger partial charge in [-0.3, -0.25) is 0 Å². The first-order valence-electron chi connectivity index (χ1n) is 6.59. The van der Waals surface area contributed by atoms with Crippen LogP contribution < -0.4 is 4.74 Å². The summed E-state index contributed by atoms with van der Waals surface area (Å²) in [7, 11) is 0. The summed E-state index contributed by atoms with van der Waals surface area (Å²) < 4.78 is 6.02. The lowest BCUT2D eigenvalue weighted by atomic mass is 10.1. The predicted molar refractivity (Wildman–Crippen MR) is 84.2 cm³/mol. The Labute approximate surface area is 125 Å². The molecule has 0 saturated carbocycles. The molecule has 20 heavy (non-hydrogen) atoms. The number of thiocarbonyl (C=S) groups is 1. The van der Waals surface area contributed by atoms with Crippen molar-refractivity contribution in [1.29, 1.82) is 0 Å². The molecular weight excluding hydrogens is 270 g/mol. The molecule has 0 amide bonds. The van der Waals surface area contributed by atoms with Crippen LogP contribution in [-0.2, 0) is 0 Å². The summed E-state index contributed by atoms with van der Waals surface area (Å²) in [5.74, 6) is 0.870. The van der Waals surface area contributed by atoms with Gasteiger partial charge in [0.25, 0.3) is 0 Å². The van der Waals surface area contributed by atoms with E-state index in [1.165, 1.54) is 5.56 Å². The fraction of sp³-hybridized carbons (Fsp3) is 0.400.